The van der Waals surface area contributed by atoms with E-state index >= 15 is 0 Å². The highest BCUT2D eigenvalue weighted by atomic mass is 35.5. The SMILES string of the molecule is CCOC(=O)C1=C(COCCN)NC(C)=C(C(=O)OC)C1c1ccccc1Cl.CCOC(=O)C1=C(COCCN)NC(C)=C(C(=O)OC)C1c1ccccc1Cl.CN(C)CCC=C1c2ccccc2CCc2ccccc21.Cl.O=S(=O)(O)c1ccccc1.O=S(=O)(O)c1ccccc1. The van der Waals surface area contributed by atoms with Crippen molar-refractivity contribution in [2.45, 2.75) is 68.6 Å². The van der Waals surface area contributed by atoms with E-state index in [9.17, 15) is 36.0 Å². The van der Waals surface area contributed by atoms with Crippen LogP contribution in [0.25, 0.3) is 5.57 Å². The molecule has 6 aromatic carbocycles. The maximum absolute atomic E-state index is 12.9. The minimum atomic E-state index is -4.00. The van der Waals surface area contributed by atoms with Gasteiger partial charge in [0, 0.05) is 41.1 Å². The number of hydrogen-bond donors (Lipinski definition) is 6. The number of aryl methyl sites for hydroxylation is 2. The van der Waals surface area contributed by atoms with Crippen LogP contribution in [0.3, 0.4) is 0 Å². The Hall–Kier alpha value is -8.01. The Morgan fingerprint density at radius 2 is 0.888 bits per heavy atom. The summed E-state index contributed by atoms with van der Waals surface area (Å²) in [6.07, 6.45) is 5.78. The molecule has 2 unspecified atom stereocenters. The molecule has 0 saturated carbocycles. The third kappa shape index (κ3) is 23.9. The summed E-state index contributed by atoms with van der Waals surface area (Å²) in [7, 11) is -1.16. The van der Waals surface area contributed by atoms with E-state index in [1.807, 2.05) is 0 Å². The first-order valence-corrected chi connectivity index (χ1v) is 34.6. The van der Waals surface area contributed by atoms with Crippen molar-refractivity contribution in [2.75, 3.05) is 87.6 Å². The average molecular weight is 1450 g/mol. The molecule has 0 spiro atoms. The zero-order valence-corrected chi connectivity index (χ0v) is 59.9. The van der Waals surface area contributed by atoms with E-state index in [4.69, 9.17) is 72.2 Å². The Labute approximate surface area is 590 Å². The van der Waals surface area contributed by atoms with E-state index in [1.54, 1.807) is 113 Å². The van der Waals surface area contributed by atoms with Crippen LogP contribution in [0, 0.1) is 0 Å². The molecule has 0 amide bonds. The maximum Gasteiger partial charge on any atom is 0.336 e. The minimum Gasteiger partial charge on any atom is -0.466 e. The van der Waals surface area contributed by atoms with Gasteiger partial charge in [0.05, 0.1) is 109 Å². The molecule has 1 aliphatic carbocycles. The van der Waals surface area contributed by atoms with Crippen molar-refractivity contribution >= 4 is 85.3 Å². The van der Waals surface area contributed by atoms with Crippen LogP contribution in [-0.4, -0.2) is 142 Å². The van der Waals surface area contributed by atoms with Crippen LogP contribution in [0.4, 0.5) is 0 Å². The highest BCUT2D eigenvalue weighted by Crippen LogP contribution is 2.44. The first kappa shape index (κ1) is 82.4. The second-order valence-corrected chi connectivity index (χ2v) is 25.4. The van der Waals surface area contributed by atoms with E-state index in [1.165, 1.54) is 66.3 Å². The number of hydrogen-bond acceptors (Lipinski definition) is 19. The van der Waals surface area contributed by atoms with Crippen LogP contribution >= 0.6 is 35.6 Å². The molecule has 0 fully saturated rings. The summed E-state index contributed by atoms with van der Waals surface area (Å²) in [6, 6.07) is 46.7. The number of esters is 4. The van der Waals surface area contributed by atoms with Gasteiger partial charge in [-0.1, -0.05) is 151 Å². The van der Waals surface area contributed by atoms with Crippen molar-refractivity contribution in [3.8, 4) is 0 Å². The molecule has 21 nitrogen and oxygen atoms in total. The Morgan fingerprint density at radius 1 is 0.541 bits per heavy atom. The molecule has 8 N–H and O–H groups in total. The number of ether oxygens (including phenoxy) is 6. The largest absolute Gasteiger partial charge is 0.466 e. The number of benzene rings is 6. The molecule has 2 heterocycles. The molecule has 26 heteroatoms. The highest BCUT2D eigenvalue weighted by molar-refractivity contribution is 7.86. The number of carbonyl (C=O) groups excluding carboxylic acids is 4. The fraction of sp³-hybridized carbons (Fsp3) is 0.306. The van der Waals surface area contributed by atoms with Crippen molar-refractivity contribution in [1.82, 2.24) is 15.5 Å². The number of fused-ring (bicyclic) bond motifs is 2. The predicted molar refractivity (Wildman–Crippen MR) is 381 cm³/mol. The zero-order chi connectivity index (χ0) is 71.2. The van der Waals surface area contributed by atoms with Crippen molar-refractivity contribution < 1.29 is 73.5 Å². The maximum atomic E-state index is 12.9. The van der Waals surface area contributed by atoms with Crippen LogP contribution < -0.4 is 22.1 Å². The average Bonchev–Trinajstić information content (AvgIpc) is 0.923. The second-order valence-electron chi connectivity index (χ2n) is 21.7. The van der Waals surface area contributed by atoms with Crippen LogP contribution in [0.1, 0.15) is 79.3 Å². The third-order valence-corrected chi connectivity index (χ3v) is 17.3. The monoisotopic (exact) mass is 1450 g/mol. The predicted octanol–water partition coefficient (Wildman–Crippen LogP) is 11.0. The molecule has 2 aliphatic heterocycles. The van der Waals surface area contributed by atoms with Crippen LogP contribution in [0.15, 0.2) is 219 Å². The molecule has 0 bridgehead atoms. The second kappa shape index (κ2) is 41.4. The van der Waals surface area contributed by atoms with Crippen molar-refractivity contribution in [2.24, 2.45) is 11.5 Å². The first-order valence-electron chi connectivity index (χ1n) is 30.9. The van der Waals surface area contributed by atoms with Gasteiger partial charge in [0.25, 0.3) is 20.2 Å². The van der Waals surface area contributed by atoms with E-state index in [-0.39, 0.29) is 59.8 Å². The third-order valence-electron chi connectivity index (χ3n) is 14.8. The van der Waals surface area contributed by atoms with Gasteiger partial charge in [-0.05, 0) is 136 Å². The number of halogens is 3. The van der Waals surface area contributed by atoms with Crippen LogP contribution in [-0.2, 0) is 80.7 Å². The van der Waals surface area contributed by atoms with Gasteiger partial charge in [-0.2, -0.15) is 16.8 Å². The molecule has 6 aromatic rings. The van der Waals surface area contributed by atoms with Gasteiger partial charge in [-0.25, -0.2) is 19.2 Å². The Balaban J connectivity index is 0.000000274. The van der Waals surface area contributed by atoms with Gasteiger partial charge >= 0.3 is 23.9 Å². The summed E-state index contributed by atoms with van der Waals surface area (Å²) in [6.45, 7) is 9.92. The number of nitrogens with two attached hydrogens (primary N) is 2. The fourth-order valence-corrected chi connectivity index (χ4v) is 12.0. The molecule has 0 radical (unpaired) electrons. The summed E-state index contributed by atoms with van der Waals surface area (Å²) in [4.78, 5) is 53.0. The molecule has 2 atom stereocenters. The number of methoxy groups -OCH3 is 2. The quantitative estimate of drug-likeness (QED) is 0.0169. The van der Waals surface area contributed by atoms with Gasteiger partial charge in [0.2, 0.25) is 0 Å². The van der Waals surface area contributed by atoms with Gasteiger partial charge in [0.1, 0.15) is 0 Å². The lowest BCUT2D eigenvalue weighted by molar-refractivity contribution is -0.140. The van der Waals surface area contributed by atoms with Gasteiger partial charge in [-0.15, -0.1) is 12.4 Å². The summed E-state index contributed by atoms with van der Waals surface area (Å²) >= 11 is 12.8. The van der Waals surface area contributed by atoms with E-state index in [0.717, 1.165) is 25.8 Å². The van der Waals surface area contributed by atoms with E-state index in [0.29, 0.717) is 81.4 Å². The van der Waals surface area contributed by atoms with Crippen LogP contribution in [0.2, 0.25) is 10.0 Å². The summed E-state index contributed by atoms with van der Waals surface area (Å²) in [5.74, 6) is -3.73. The lowest BCUT2D eigenvalue weighted by Crippen LogP contribution is -2.35. The van der Waals surface area contributed by atoms with Gasteiger partial charge < -0.3 is 55.4 Å². The molecular formula is C72H86Cl3N5O16S2. The lowest BCUT2D eigenvalue weighted by Gasteiger charge is -2.31. The van der Waals surface area contributed by atoms with Crippen molar-refractivity contribution in [3.05, 3.63) is 252 Å². The van der Waals surface area contributed by atoms with Crippen molar-refractivity contribution in [3.63, 3.8) is 0 Å². The Bertz CT molecular complexity index is 3800. The Kier molecular flexibility index (Phi) is 34.8. The van der Waals surface area contributed by atoms with Crippen LogP contribution in [0.5, 0.6) is 0 Å². The number of carbonyl (C=O) groups is 4. The summed E-state index contributed by atoms with van der Waals surface area (Å²) in [5, 5.41) is 7.04. The highest BCUT2D eigenvalue weighted by Gasteiger charge is 2.41. The molecular weight excluding hydrogens is 1360 g/mol. The van der Waals surface area contributed by atoms with E-state index in [2.05, 4.69) is 84.2 Å². The Morgan fingerprint density at radius 3 is 1.20 bits per heavy atom. The van der Waals surface area contributed by atoms with Gasteiger partial charge in [0.15, 0.2) is 0 Å². The number of dihydropyridines is 2. The molecule has 0 aromatic heterocycles. The number of allylic oxidation sites excluding steroid dienone is 2. The molecule has 98 heavy (non-hydrogen) atoms. The number of nitrogens with one attached hydrogen (secondary N) is 2. The smallest absolute Gasteiger partial charge is 0.336 e. The van der Waals surface area contributed by atoms with E-state index < -0.39 is 55.9 Å². The summed E-state index contributed by atoms with van der Waals surface area (Å²) < 4.78 is 90.0. The zero-order valence-electron chi connectivity index (χ0n) is 55.9. The summed E-state index contributed by atoms with van der Waals surface area (Å²) in [5.41, 5.74) is 22.6. The molecule has 9 rings (SSSR count). The number of rotatable bonds is 21. The lowest BCUT2D eigenvalue weighted by atomic mass is 9.80. The fourth-order valence-electron chi connectivity index (χ4n) is 10.5. The van der Waals surface area contributed by atoms with Crippen molar-refractivity contribution in [1.29, 1.82) is 0 Å². The standard InChI is InChI=1S/2C20H25ClN2O5.C20H23N.2C6H6O3S.ClH/c2*1-4-28-20(25)18-15(11-27-10-9-22)23-12(2)16(19(24)26-3)17(18)13-7-5-6-8-14(13)21;1-21(2)15-7-12-20-18-10-5-3-8-16(18)13-14-17-9-4-6-11-19(17)20;2*7-10(8,9)6-4-2-1-3-5-6;/h2*5-8,17,23H,4,9-11,22H2,1-3H3;3-6,8-12H,7,13-15H2,1-2H3;2*1-5H,(H,7,8,9);1H. The minimum absolute atomic E-state index is 0. The molecule has 528 valence electrons. The molecule has 3 aliphatic rings. The normalized spacial score (nSPS) is 14.7. The molecule has 0 saturated heterocycles. The first-order chi connectivity index (χ1) is 46.4. The topological polar surface area (TPSA) is 312 Å². The number of nitrogens with zero attached hydrogens (tertiary/aromatic N) is 1. The van der Waals surface area contributed by atoms with Gasteiger partial charge in [-0.3, -0.25) is 9.11 Å².